The lowest BCUT2D eigenvalue weighted by Crippen LogP contribution is -2.32. The van der Waals surface area contributed by atoms with Crippen molar-refractivity contribution >= 4 is 39.6 Å². The van der Waals surface area contributed by atoms with E-state index in [0.717, 1.165) is 4.47 Å². The van der Waals surface area contributed by atoms with Crippen LogP contribution in [-0.4, -0.2) is 23.0 Å². The molecule has 0 fully saturated rings. The molecule has 106 valence electrons. The van der Waals surface area contributed by atoms with Gasteiger partial charge in [0.25, 0.3) is 0 Å². The average Bonchev–Trinajstić information content (AvgIpc) is 2.48. The minimum absolute atomic E-state index is 0.515. The molecule has 0 aliphatic rings. The Bertz CT molecular complexity index is 674. The van der Waals surface area contributed by atoms with Gasteiger partial charge in [-0.15, -0.1) is 0 Å². The van der Waals surface area contributed by atoms with Gasteiger partial charge in [0.15, 0.2) is 0 Å². The fraction of sp³-hybridized carbons (Fsp3) is 0. The van der Waals surface area contributed by atoms with E-state index in [1.54, 1.807) is 42.7 Å². The van der Waals surface area contributed by atoms with Crippen LogP contribution in [0.3, 0.4) is 0 Å². The predicted octanol–water partition coefficient (Wildman–Crippen LogP) is 1.93. The molecule has 2 amide bonds. The molecule has 0 radical (unpaired) electrons. The molecule has 0 aliphatic heterocycles. The van der Waals surface area contributed by atoms with E-state index < -0.39 is 11.8 Å². The molecule has 1 heterocycles. The molecule has 1 aromatic heterocycles. The monoisotopic (exact) mass is 346 g/mol. The molecule has 2 rings (SSSR count). The number of carbonyl (C=O) groups is 2. The number of hydrogen-bond acceptors (Lipinski definition) is 4. The maximum Gasteiger partial charge on any atom is 0.329 e. The van der Waals surface area contributed by atoms with Crippen LogP contribution in [0, 0.1) is 0 Å². The first kappa shape index (κ1) is 14.9. The van der Waals surface area contributed by atoms with Gasteiger partial charge in [-0.25, -0.2) is 5.43 Å². The molecule has 2 aromatic rings. The Hall–Kier alpha value is -2.54. The largest absolute Gasteiger partial charge is 0.329 e. The van der Waals surface area contributed by atoms with E-state index in [2.05, 4.69) is 36.8 Å². The number of carbonyl (C=O) groups excluding carboxylic acids is 2. The number of nitrogens with zero attached hydrogens (tertiary/aromatic N) is 2. The molecule has 2 N–H and O–H groups in total. The van der Waals surface area contributed by atoms with E-state index >= 15 is 0 Å². The van der Waals surface area contributed by atoms with Gasteiger partial charge in [-0.2, -0.15) is 5.10 Å². The highest BCUT2D eigenvalue weighted by Crippen LogP contribution is 2.15. The maximum absolute atomic E-state index is 11.6. The Morgan fingerprint density at radius 2 is 2.05 bits per heavy atom. The minimum Gasteiger partial charge on any atom is -0.318 e. The number of halogens is 1. The van der Waals surface area contributed by atoms with Crippen molar-refractivity contribution in [3.8, 4) is 0 Å². The van der Waals surface area contributed by atoms with Crippen molar-refractivity contribution in [3.05, 3.63) is 58.8 Å². The molecular weight excluding hydrogens is 336 g/mol. The second-order valence-electron chi connectivity index (χ2n) is 3.95. The highest BCUT2D eigenvalue weighted by molar-refractivity contribution is 9.10. The van der Waals surface area contributed by atoms with E-state index in [-0.39, 0.29) is 0 Å². The SMILES string of the molecule is O=C(N/N=C\c1cccnc1)C(=O)Nc1cccc(Br)c1. The molecule has 0 saturated carbocycles. The van der Waals surface area contributed by atoms with Crippen molar-refractivity contribution in [2.45, 2.75) is 0 Å². The van der Waals surface area contributed by atoms with Gasteiger partial charge in [-0.1, -0.05) is 28.1 Å². The summed E-state index contributed by atoms with van der Waals surface area (Å²) in [6.07, 6.45) is 4.61. The first-order valence-electron chi connectivity index (χ1n) is 5.95. The third-order valence-electron chi connectivity index (χ3n) is 2.35. The summed E-state index contributed by atoms with van der Waals surface area (Å²) in [4.78, 5) is 27.1. The smallest absolute Gasteiger partial charge is 0.318 e. The second-order valence-corrected chi connectivity index (χ2v) is 4.87. The Kier molecular flexibility index (Phi) is 5.16. The minimum atomic E-state index is -0.852. The Balaban J connectivity index is 1.88. The van der Waals surface area contributed by atoms with Crippen LogP contribution < -0.4 is 10.7 Å². The molecule has 0 bridgehead atoms. The molecule has 6 nitrogen and oxygen atoms in total. The van der Waals surface area contributed by atoms with Gasteiger partial charge < -0.3 is 5.32 Å². The third-order valence-corrected chi connectivity index (χ3v) is 2.85. The van der Waals surface area contributed by atoms with Crippen LogP contribution in [0.2, 0.25) is 0 Å². The van der Waals surface area contributed by atoms with Crippen LogP contribution in [0.4, 0.5) is 5.69 Å². The van der Waals surface area contributed by atoms with Gasteiger partial charge in [0.1, 0.15) is 0 Å². The number of anilines is 1. The Labute approximate surface area is 129 Å². The lowest BCUT2D eigenvalue weighted by atomic mass is 10.3. The lowest BCUT2D eigenvalue weighted by molar-refractivity contribution is -0.136. The summed E-state index contributed by atoms with van der Waals surface area (Å²) < 4.78 is 0.801. The first-order valence-corrected chi connectivity index (χ1v) is 6.74. The number of nitrogens with one attached hydrogen (secondary N) is 2. The molecule has 0 aliphatic carbocycles. The zero-order valence-corrected chi connectivity index (χ0v) is 12.4. The average molecular weight is 347 g/mol. The zero-order valence-electron chi connectivity index (χ0n) is 10.8. The summed E-state index contributed by atoms with van der Waals surface area (Å²) in [5.74, 6) is -1.65. The number of hydrazone groups is 1. The summed E-state index contributed by atoms with van der Waals surface area (Å²) in [6, 6.07) is 10.4. The highest BCUT2D eigenvalue weighted by Gasteiger charge is 2.12. The van der Waals surface area contributed by atoms with Crippen LogP contribution in [-0.2, 0) is 9.59 Å². The van der Waals surface area contributed by atoms with Gasteiger partial charge in [0.2, 0.25) is 0 Å². The van der Waals surface area contributed by atoms with Crippen LogP contribution in [0.15, 0.2) is 58.4 Å². The lowest BCUT2D eigenvalue weighted by Gasteiger charge is -2.03. The van der Waals surface area contributed by atoms with E-state index in [9.17, 15) is 9.59 Å². The molecule has 0 atom stereocenters. The van der Waals surface area contributed by atoms with Gasteiger partial charge in [0.05, 0.1) is 6.21 Å². The molecule has 7 heteroatoms. The van der Waals surface area contributed by atoms with Crippen molar-refractivity contribution in [2.75, 3.05) is 5.32 Å². The zero-order chi connectivity index (χ0) is 15.1. The third kappa shape index (κ3) is 4.81. The molecule has 21 heavy (non-hydrogen) atoms. The van der Waals surface area contributed by atoms with Crippen molar-refractivity contribution < 1.29 is 9.59 Å². The Morgan fingerprint density at radius 1 is 1.19 bits per heavy atom. The summed E-state index contributed by atoms with van der Waals surface area (Å²) >= 11 is 3.28. The fourth-order valence-electron chi connectivity index (χ4n) is 1.42. The van der Waals surface area contributed by atoms with Gasteiger partial charge in [0, 0.05) is 28.1 Å². The van der Waals surface area contributed by atoms with Crippen LogP contribution in [0.1, 0.15) is 5.56 Å². The molecule has 0 saturated heterocycles. The normalized spacial score (nSPS) is 10.3. The summed E-state index contributed by atoms with van der Waals surface area (Å²) in [5.41, 5.74) is 3.37. The second kappa shape index (κ2) is 7.30. The number of hydrogen-bond donors (Lipinski definition) is 2. The number of amides is 2. The highest BCUT2D eigenvalue weighted by atomic mass is 79.9. The first-order chi connectivity index (χ1) is 10.1. The standard InChI is InChI=1S/C14H11BrN4O2/c15-11-4-1-5-12(7-11)18-13(20)14(21)19-17-9-10-3-2-6-16-8-10/h1-9H,(H,18,20)(H,19,21)/b17-9-. The van der Waals surface area contributed by atoms with Crippen molar-refractivity contribution in [2.24, 2.45) is 5.10 Å². The van der Waals surface area contributed by atoms with Crippen LogP contribution in [0.5, 0.6) is 0 Å². The van der Waals surface area contributed by atoms with E-state index in [0.29, 0.717) is 11.3 Å². The van der Waals surface area contributed by atoms with Gasteiger partial charge in [-0.05, 0) is 24.3 Å². The summed E-state index contributed by atoms with van der Waals surface area (Å²) in [7, 11) is 0. The molecular formula is C14H11BrN4O2. The molecule has 1 aromatic carbocycles. The fourth-order valence-corrected chi connectivity index (χ4v) is 1.82. The number of rotatable bonds is 3. The summed E-state index contributed by atoms with van der Waals surface area (Å²) in [5, 5.41) is 6.15. The van der Waals surface area contributed by atoms with Crippen LogP contribution >= 0.6 is 15.9 Å². The number of aromatic nitrogens is 1. The quantitative estimate of drug-likeness (QED) is 0.506. The molecule has 0 unspecified atom stereocenters. The summed E-state index contributed by atoms with van der Waals surface area (Å²) in [6.45, 7) is 0. The van der Waals surface area contributed by atoms with Crippen molar-refractivity contribution in [1.82, 2.24) is 10.4 Å². The van der Waals surface area contributed by atoms with E-state index in [4.69, 9.17) is 0 Å². The number of benzene rings is 1. The van der Waals surface area contributed by atoms with Crippen molar-refractivity contribution in [3.63, 3.8) is 0 Å². The predicted molar refractivity (Wildman–Crippen MR) is 82.7 cm³/mol. The number of pyridine rings is 1. The van der Waals surface area contributed by atoms with Crippen LogP contribution in [0.25, 0.3) is 0 Å². The molecule has 0 spiro atoms. The van der Waals surface area contributed by atoms with E-state index in [1.807, 2.05) is 6.07 Å². The van der Waals surface area contributed by atoms with E-state index in [1.165, 1.54) is 6.21 Å². The topological polar surface area (TPSA) is 83.5 Å². The Morgan fingerprint density at radius 3 is 2.76 bits per heavy atom. The maximum atomic E-state index is 11.6. The van der Waals surface area contributed by atoms with Gasteiger partial charge >= 0.3 is 11.8 Å². The van der Waals surface area contributed by atoms with Gasteiger partial charge in [-0.3, -0.25) is 14.6 Å². The van der Waals surface area contributed by atoms with Crippen molar-refractivity contribution in [1.29, 1.82) is 0 Å².